The molecule has 2 heterocycles. The summed E-state index contributed by atoms with van der Waals surface area (Å²) in [7, 11) is 0. The van der Waals surface area contributed by atoms with Crippen LogP contribution in [0.1, 0.15) is 48.5 Å². The van der Waals surface area contributed by atoms with Crippen LogP contribution in [0.3, 0.4) is 0 Å². The van der Waals surface area contributed by atoms with Gasteiger partial charge in [-0.3, -0.25) is 9.59 Å². The number of halogens is 1. The molecule has 142 valence electrons. The highest BCUT2D eigenvalue weighted by Crippen LogP contribution is 2.40. The summed E-state index contributed by atoms with van der Waals surface area (Å²) in [5.41, 5.74) is 0.594. The molecule has 0 radical (unpaired) electrons. The average Bonchev–Trinajstić information content (AvgIpc) is 3.17. The minimum absolute atomic E-state index is 0.0311. The first-order valence-corrected chi connectivity index (χ1v) is 8.96. The first-order chi connectivity index (χ1) is 12.8. The smallest absolute Gasteiger partial charge is 0.295 e. The number of likely N-dealkylation sites (tertiary alicyclic amines) is 1. The average molecular weight is 371 g/mol. The lowest BCUT2D eigenvalue weighted by Gasteiger charge is -2.23. The Kier molecular flexibility index (Phi) is 5.17. The molecule has 1 aromatic carbocycles. The van der Waals surface area contributed by atoms with Crippen LogP contribution in [0.5, 0.6) is 0 Å². The molecule has 1 atom stereocenters. The molecule has 1 aliphatic rings. The third-order valence-electron chi connectivity index (χ3n) is 4.75. The molecule has 1 fully saturated rings. The Hall–Kier alpha value is -2.89. The van der Waals surface area contributed by atoms with Crippen LogP contribution in [-0.4, -0.2) is 28.2 Å². The molecule has 6 heteroatoms. The fourth-order valence-electron chi connectivity index (χ4n) is 3.28. The van der Waals surface area contributed by atoms with Gasteiger partial charge in [-0.25, -0.2) is 4.39 Å². The third kappa shape index (κ3) is 3.39. The summed E-state index contributed by atoms with van der Waals surface area (Å²) in [4.78, 5) is 26.7. The zero-order chi connectivity index (χ0) is 19.7. The molecule has 27 heavy (non-hydrogen) atoms. The highest BCUT2D eigenvalue weighted by molar-refractivity contribution is 6.46. The van der Waals surface area contributed by atoms with E-state index in [4.69, 9.17) is 4.42 Å². The van der Waals surface area contributed by atoms with Crippen molar-refractivity contribution in [3.05, 3.63) is 64.4 Å². The Bertz CT molecular complexity index is 928. The maximum Gasteiger partial charge on any atom is 0.295 e. The van der Waals surface area contributed by atoms with E-state index >= 15 is 0 Å². The molecule has 2 aromatic rings. The predicted octanol–water partition coefficient (Wildman–Crippen LogP) is 4.26. The van der Waals surface area contributed by atoms with Crippen LogP contribution in [0.4, 0.5) is 4.39 Å². The quantitative estimate of drug-likeness (QED) is 0.484. The van der Waals surface area contributed by atoms with E-state index in [0.717, 1.165) is 12.8 Å². The van der Waals surface area contributed by atoms with Gasteiger partial charge >= 0.3 is 0 Å². The summed E-state index contributed by atoms with van der Waals surface area (Å²) < 4.78 is 19.3. The van der Waals surface area contributed by atoms with E-state index in [1.165, 1.54) is 23.1 Å². The number of benzene rings is 1. The number of unbranched alkanes of at least 4 members (excludes halogenated alkanes) is 1. The van der Waals surface area contributed by atoms with Crippen LogP contribution >= 0.6 is 0 Å². The largest absolute Gasteiger partial charge is 0.507 e. The van der Waals surface area contributed by atoms with Gasteiger partial charge in [-0.05, 0) is 56.2 Å². The molecule has 1 aliphatic heterocycles. The maximum atomic E-state index is 13.6. The zero-order valence-corrected chi connectivity index (χ0v) is 15.6. The van der Waals surface area contributed by atoms with Gasteiger partial charge in [0.15, 0.2) is 0 Å². The summed E-state index contributed by atoms with van der Waals surface area (Å²) >= 11 is 0. The first-order valence-electron chi connectivity index (χ1n) is 8.96. The number of hydrogen-bond donors (Lipinski definition) is 1. The van der Waals surface area contributed by atoms with Crippen LogP contribution in [0.2, 0.25) is 0 Å². The topological polar surface area (TPSA) is 70.8 Å². The van der Waals surface area contributed by atoms with E-state index in [0.29, 0.717) is 23.6 Å². The van der Waals surface area contributed by atoms with Crippen LogP contribution < -0.4 is 0 Å². The molecule has 1 amide bonds. The van der Waals surface area contributed by atoms with Gasteiger partial charge in [0.2, 0.25) is 0 Å². The summed E-state index contributed by atoms with van der Waals surface area (Å²) in [5.74, 6) is -1.10. The van der Waals surface area contributed by atoms with Crippen molar-refractivity contribution >= 4 is 17.4 Å². The number of carbonyl (C=O) groups is 2. The molecule has 0 aliphatic carbocycles. The number of hydrogen-bond acceptors (Lipinski definition) is 4. The van der Waals surface area contributed by atoms with Gasteiger partial charge in [0.05, 0.1) is 5.57 Å². The fraction of sp³-hybridized carbons (Fsp3) is 0.333. The minimum Gasteiger partial charge on any atom is -0.507 e. The standard InChI is InChI=1S/C21H22FNO4/c1-4-5-10-23-18(16-9-6-13(3)27-16)17(20(25)21(23)26)19(24)14-7-8-15(22)12(2)11-14/h6-9,11,18,24H,4-5,10H2,1-3H3/b19-17-. The number of rotatable bonds is 5. The van der Waals surface area contributed by atoms with Gasteiger partial charge in [-0.1, -0.05) is 13.3 Å². The summed E-state index contributed by atoms with van der Waals surface area (Å²) in [6.07, 6.45) is 1.57. The summed E-state index contributed by atoms with van der Waals surface area (Å²) in [6.45, 7) is 5.71. The van der Waals surface area contributed by atoms with Gasteiger partial charge in [0.1, 0.15) is 29.1 Å². The van der Waals surface area contributed by atoms with E-state index in [9.17, 15) is 19.1 Å². The molecule has 1 aromatic heterocycles. The SMILES string of the molecule is CCCCN1C(=O)C(=O)/C(=C(\O)c2ccc(F)c(C)c2)C1c1ccc(C)o1. The number of amides is 1. The molecular weight excluding hydrogens is 349 g/mol. The van der Waals surface area contributed by atoms with Crippen LogP contribution in [-0.2, 0) is 9.59 Å². The summed E-state index contributed by atoms with van der Waals surface area (Å²) in [5, 5.41) is 10.8. The second-order valence-corrected chi connectivity index (χ2v) is 6.76. The summed E-state index contributed by atoms with van der Waals surface area (Å²) in [6, 6.07) is 6.72. The number of Topliss-reactive ketones (excluding diaryl/α,β-unsaturated/α-hetero) is 1. The Balaban J connectivity index is 2.16. The molecule has 1 unspecified atom stereocenters. The van der Waals surface area contributed by atoms with Crippen LogP contribution in [0.15, 0.2) is 40.3 Å². The fourth-order valence-corrected chi connectivity index (χ4v) is 3.28. The van der Waals surface area contributed by atoms with E-state index < -0.39 is 23.5 Å². The number of aryl methyl sites for hydroxylation is 2. The number of nitrogens with zero attached hydrogens (tertiary/aromatic N) is 1. The lowest BCUT2D eigenvalue weighted by molar-refractivity contribution is -0.140. The van der Waals surface area contributed by atoms with Crippen LogP contribution in [0, 0.1) is 19.7 Å². The monoisotopic (exact) mass is 371 g/mol. The molecule has 3 rings (SSSR count). The Labute approximate surface area is 157 Å². The van der Waals surface area contributed by atoms with Crippen molar-refractivity contribution in [3.63, 3.8) is 0 Å². The normalized spacial score (nSPS) is 19.1. The Morgan fingerprint density at radius 2 is 1.96 bits per heavy atom. The van der Waals surface area contributed by atoms with Crippen molar-refractivity contribution in [2.75, 3.05) is 6.54 Å². The van der Waals surface area contributed by atoms with Gasteiger partial charge in [-0.2, -0.15) is 0 Å². The number of furan rings is 1. The number of aliphatic hydroxyl groups excluding tert-OH is 1. The van der Waals surface area contributed by atoms with E-state index in [1.807, 2.05) is 6.92 Å². The van der Waals surface area contributed by atoms with Crippen molar-refractivity contribution in [1.29, 1.82) is 0 Å². The number of aliphatic hydroxyl groups is 1. The number of carbonyl (C=O) groups excluding carboxylic acids is 2. The zero-order valence-electron chi connectivity index (χ0n) is 15.6. The van der Waals surface area contributed by atoms with Crippen molar-refractivity contribution in [1.82, 2.24) is 4.90 Å². The number of ketones is 1. The van der Waals surface area contributed by atoms with Gasteiger partial charge in [-0.15, -0.1) is 0 Å². The molecule has 1 saturated heterocycles. The Morgan fingerprint density at radius 1 is 1.22 bits per heavy atom. The van der Waals surface area contributed by atoms with Gasteiger partial charge in [0.25, 0.3) is 11.7 Å². The third-order valence-corrected chi connectivity index (χ3v) is 4.75. The molecule has 0 bridgehead atoms. The lowest BCUT2D eigenvalue weighted by Crippen LogP contribution is -2.30. The lowest BCUT2D eigenvalue weighted by atomic mass is 9.98. The maximum absolute atomic E-state index is 13.6. The van der Waals surface area contributed by atoms with Gasteiger partial charge < -0.3 is 14.4 Å². The molecule has 1 N–H and O–H groups in total. The molecule has 5 nitrogen and oxygen atoms in total. The minimum atomic E-state index is -0.796. The van der Waals surface area contributed by atoms with E-state index in [-0.39, 0.29) is 16.9 Å². The molecule has 0 spiro atoms. The second kappa shape index (κ2) is 7.39. The van der Waals surface area contributed by atoms with Crippen LogP contribution in [0.25, 0.3) is 5.76 Å². The van der Waals surface area contributed by atoms with E-state index in [2.05, 4.69) is 0 Å². The predicted molar refractivity (Wildman–Crippen MR) is 98.5 cm³/mol. The molecular formula is C21H22FNO4. The van der Waals surface area contributed by atoms with Crippen molar-refractivity contribution in [3.8, 4) is 0 Å². The highest BCUT2D eigenvalue weighted by atomic mass is 19.1. The Morgan fingerprint density at radius 3 is 2.56 bits per heavy atom. The van der Waals surface area contributed by atoms with Gasteiger partial charge in [0, 0.05) is 12.1 Å². The first kappa shape index (κ1) is 18.9. The van der Waals surface area contributed by atoms with Crippen molar-refractivity contribution < 1.29 is 23.5 Å². The van der Waals surface area contributed by atoms with Crippen molar-refractivity contribution in [2.24, 2.45) is 0 Å². The second-order valence-electron chi connectivity index (χ2n) is 6.76. The highest BCUT2D eigenvalue weighted by Gasteiger charge is 2.47. The molecule has 0 saturated carbocycles. The van der Waals surface area contributed by atoms with E-state index in [1.54, 1.807) is 26.0 Å². The van der Waals surface area contributed by atoms with Crippen molar-refractivity contribution in [2.45, 2.75) is 39.7 Å².